The number of rotatable bonds is 8. The number of nitrogens with one attached hydrogen (secondary N) is 2. The summed E-state index contributed by atoms with van der Waals surface area (Å²) < 4.78 is 21.3. The van der Waals surface area contributed by atoms with Crippen LogP contribution >= 0.6 is 47.6 Å². The highest BCUT2D eigenvalue weighted by atomic mass is 35.5. The first-order valence-corrected chi connectivity index (χ1v) is 13.4. The first-order valence-electron chi connectivity index (χ1n) is 11.9. The van der Waals surface area contributed by atoms with Gasteiger partial charge in [-0.3, -0.25) is 0 Å². The molecule has 0 unspecified atom stereocenters. The van der Waals surface area contributed by atoms with Gasteiger partial charge >= 0.3 is 0 Å². The number of benzene rings is 4. The van der Waals surface area contributed by atoms with Gasteiger partial charge in [-0.25, -0.2) is 0 Å². The Morgan fingerprint density at radius 1 is 0.500 bits per heavy atom. The van der Waals surface area contributed by atoms with Gasteiger partial charge in [-0.15, -0.1) is 0 Å². The second-order valence-electron chi connectivity index (χ2n) is 8.00. The monoisotopic (exact) mass is 614 g/mol. The van der Waals surface area contributed by atoms with E-state index in [2.05, 4.69) is 10.6 Å². The lowest BCUT2D eigenvalue weighted by Crippen LogP contribution is -2.13. The molecule has 0 atom stereocenters. The number of thiocarbonyl (C=S) groups is 2. The van der Waals surface area contributed by atoms with Crippen molar-refractivity contribution < 1.29 is 18.9 Å². The fourth-order valence-electron chi connectivity index (χ4n) is 3.60. The maximum Gasteiger partial charge on any atom is 0.132 e. The molecule has 0 aliphatic rings. The topological polar surface area (TPSA) is 61.0 Å². The Hall–Kier alpha value is -3.56. The van der Waals surface area contributed by atoms with Crippen molar-refractivity contribution in [2.45, 2.75) is 0 Å². The molecular formula is C30H28Cl2N2O4S2. The third-order valence-corrected chi connectivity index (χ3v) is 6.63. The van der Waals surface area contributed by atoms with Crippen LogP contribution in [0.2, 0.25) is 10.0 Å². The Balaban J connectivity index is 0.000000220. The highest BCUT2D eigenvalue weighted by Crippen LogP contribution is 2.31. The maximum atomic E-state index is 5.86. The van der Waals surface area contributed by atoms with Crippen molar-refractivity contribution in [2.75, 3.05) is 39.1 Å². The van der Waals surface area contributed by atoms with Crippen LogP contribution in [-0.4, -0.2) is 38.4 Å². The van der Waals surface area contributed by atoms with Gasteiger partial charge in [0.05, 0.1) is 39.6 Å². The van der Waals surface area contributed by atoms with E-state index < -0.39 is 0 Å². The fourth-order valence-corrected chi connectivity index (χ4v) is 4.49. The quantitative estimate of drug-likeness (QED) is 0.192. The Morgan fingerprint density at radius 2 is 0.775 bits per heavy atom. The van der Waals surface area contributed by atoms with Crippen LogP contribution in [0, 0.1) is 0 Å². The van der Waals surface area contributed by atoms with Gasteiger partial charge in [0.15, 0.2) is 0 Å². The Labute approximate surface area is 255 Å². The molecule has 0 heterocycles. The lowest BCUT2D eigenvalue weighted by Gasteiger charge is -2.15. The van der Waals surface area contributed by atoms with Crippen molar-refractivity contribution in [3.8, 4) is 23.0 Å². The van der Waals surface area contributed by atoms with E-state index in [9.17, 15) is 0 Å². The number of ether oxygens (including phenoxy) is 4. The largest absolute Gasteiger partial charge is 0.496 e. The van der Waals surface area contributed by atoms with Crippen molar-refractivity contribution in [2.24, 2.45) is 0 Å². The summed E-state index contributed by atoms with van der Waals surface area (Å²) in [6.45, 7) is 0. The second-order valence-corrected chi connectivity index (χ2v) is 9.69. The fraction of sp³-hybridized carbons (Fsp3) is 0.133. The second kappa shape index (κ2) is 15.3. The lowest BCUT2D eigenvalue weighted by molar-refractivity contribution is 0.393. The molecule has 0 aliphatic heterocycles. The van der Waals surface area contributed by atoms with Crippen LogP contribution in [0.25, 0.3) is 0 Å². The van der Waals surface area contributed by atoms with Crippen molar-refractivity contribution in [3.63, 3.8) is 0 Å². The lowest BCUT2D eigenvalue weighted by atomic mass is 10.1. The van der Waals surface area contributed by atoms with Crippen molar-refractivity contribution >= 4 is 69.0 Å². The average Bonchev–Trinajstić information content (AvgIpc) is 2.98. The zero-order valence-electron chi connectivity index (χ0n) is 22.3. The van der Waals surface area contributed by atoms with Crippen LogP contribution in [0.1, 0.15) is 11.1 Å². The highest BCUT2D eigenvalue weighted by molar-refractivity contribution is 7.81. The van der Waals surface area contributed by atoms with E-state index in [1.54, 1.807) is 52.7 Å². The van der Waals surface area contributed by atoms with Crippen LogP contribution in [0.15, 0.2) is 84.9 Å². The predicted molar refractivity (Wildman–Crippen MR) is 173 cm³/mol. The molecule has 40 heavy (non-hydrogen) atoms. The molecule has 0 radical (unpaired) electrons. The molecule has 0 spiro atoms. The van der Waals surface area contributed by atoms with E-state index in [0.717, 1.165) is 22.5 Å². The molecule has 2 N–H and O–H groups in total. The van der Waals surface area contributed by atoms with E-state index in [1.165, 1.54) is 0 Å². The SMILES string of the molecule is COc1cccc(OC)c1C(=S)Nc1ccc(Cl)cc1.COc1cccc(OC)c1C(=S)Nc1ccc(Cl)cc1. The molecule has 6 nitrogen and oxygen atoms in total. The van der Waals surface area contributed by atoms with Crippen LogP contribution < -0.4 is 29.6 Å². The van der Waals surface area contributed by atoms with Gasteiger partial charge in [0.1, 0.15) is 33.0 Å². The Morgan fingerprint density at radius 3 is 1.02 bits per heavy atom. The van der Waals surface area contributed by atoms with E-state index in [1.807, 2.05) is 60.7 Å². The molecule has 0 saturated heterocycles. The van der Waals surface area contributed by atoms with E-state index in [-0.39, 0.29) is 0 Å². The van der Waals surface area contributed by atoms with E-state index in [0.29, 0.717) is 43.0 Å². The van der Waals surface area contributed by atoms with Gasteiger partial charge in [0, 0.05) is 21.4 Å². The minimum atomic E-state index is 0.529. The van der Waals surface area contributed by atoms with E-state index >= 15 is 0 Å². The van der Waals surface area contributed by atoms with Crippen LogP contribution in [0.5, 0.6) is 23.0 Å². The summed E-state index contributed by atoms with van der Waals surface area (Å²) in [5, 5.41) is 7.65. The predicted octanol–water partition coefficient (Wildman–Crippen LogP) is 8.29. The van der Waals surface area contributed by atoms with E-state index in [4.69, 9.17) is 66.6 Å². The molecule has 0 saturated carbocycles. The molecule has 0 bridgehead atoms. The minimum absolute atomic E-state index is 0.529. The summed E-state index contributed by atoms with van der Waals surface area (Å²) in [6, 6.07) is 25.7. The van der Waals surface area contributed by atoms with Crippen LogP contribution in [0.4, 0.5) is 11.4 Å². The molecule has 208 valence electrons. The van der Waals surface area contributed by atoms with Gasteiger partial charge < -0.3 is 29.6 Å². The number of methoxy groups -OCH3 is 4. The molecule has 0 aliphatic carbocycles. The first-order chi connectivity index (χ1) is 19.3. The maximum absolute atomic E-state index is 5.86. The molecule has 10 heteroatoms. The summed E-state index contributed by atoms with van der Waals surface area (Å²) >= 11 is 22.6. The number of hydrogen-bond acceptors (Lipinski definition) is 6. The van der Waals surface area contributed by atoms with Crippen molar-refractivity contribution in [3.05, 3.63) is 106 Å². The van der Waals surface area contributed by atoms with Gasteiger partial charge in [0.2, 0.25) is 0 Å². The summed E-state index contributed by atoms with van der Waals surface area (Å²) in [4.78, 5) is 1.06. The Kier molecular flexibility index (Phi) is 11.8. The number of hydrogen-bond donors (Lipinski definition) is 2. The zero-order valence-corrected chi connectivity index (χ0v) is 25.4. The normalized spacial score (nSPS) is 9.95. The molecule has 0 amide bonds. The van der Waals surface area contributed by atoms with Gasteiger partial charge in [-0.2, -0.15) is 0 Å². The standard InChI is InChI=1S/2C15H14ClNO2S/c2*1-18-12-4-3-5-13(19-2)14(12)15(20)17-11-8-6-10(16)7-9-11/h2*3-9H,1-2H3,(H,17,20). The summed E-state index contributed by atoms with van der Waals surface area (Å²) in [5.74, 6) is 2.65. The molecular weight excluding hydrogens is 587 g/mol. The van der Waals surface area contributed by atoms with Crippen molar-refractivity contribution in [1.82, 2.24) is 0 Å². The summed E-state index contributed by atoms with van der Waals surface area (Å²) in [5.41, 5.74) is 3.16. The molecule has 4 aromatic rings. The van der Waals surface area contributed by atoms with Gasteiger partial charge in [-0.1, -0.05) is 59.8 Å². The molecule has 4 rings (SSSR count). The highest BCUT2D eigenvalue weighted by Gasteiger charge is 2.16. The van der Waals surface area contributed by atoms with Crippen LogP contribution in [0.3, 0.4) is 0 Å². The first kappa shape index (κ1) is 31.0. The van der Waals surface area contributed by atoms with Crippen molar-refractivity contribution in [1.29, 1.82) is 0 Å². The third-order valence-electron chi connectivity index (χ3n) is 5.51. The number of anilines is 2. The molecule has 4 aromatic carbocycles. The van der Waals surface area contributed by atoms with Gasteiger partial charge in [0.25, 0.3) is 0 Å². The van der Waals surface area contributed by atoms with Crippen LogP contribution in [-0.2, 0) is 0 Å². The smallest absolute Gasteiger partial charge is 0.132 e. The molecule has 0 aromatic heterocycles. The third kappa shape index (κ3) is 8.22. The molecule has 0 fully saturated rings. The summed E-state index contributed by atoms with van der Waals surface area (Å²) in [7, 11) is 6.40. The Bertz CT molecular complexity index is 1290. The van der Waals surface area contributed by atoms with Gasteiger partial charge in [-0.05, 0) is 72.8 Å². The summed E-state index contributed by atoms with van der Waals surface area (Å²) in [6.07, 6.45) is 0. The minimum Gasteiger partial charge on any atom is -0.496 e. The number of halogens is 2. The zero-order chi connectivity index (χ0) is 29.1. The average molecular weight is 616 g/mol.